The summed E-state index contributed by atoms with van der Waals surface area (Å²) >= 11 is 1.06. The van der Waals surface area contributed by atoms with E-state index in [4.69, 9.17) is 5.26 Å². The first-order chi connectivity index (χ1) is 2.91. The monoisotopic (exact) mass is 121 g/mol. The summed E-state index contributed by atoms with van der Waals surface area (Å²) in [6, 6.07) is 0. The van der Waals surface area contributed by atoms with Gasteiger partial charge in [-0.3, -0.25) is 0 Å². The predicted molar refractivity (Wildman–Crippen MR) is 27.8 cm³/mol. The zero-order valence-electron chi connectivity index (χ0n) is 3.17. The molecule has 0 aliphatic carbocycles. The van der Waals surface area contributed by atoms with E-state index in [1.807, 2.05) is 6.26 Å². The second kappa shape index (κ2) is 4.99. The first-order valence-corrected chi connectivity index (χ1v) is 3.65. The smallest absolute Gasteiger partial charge is 0.300 e. The Kier molecular flexibility index (Phi) is 4.98. The number of rotatable bonds is 2. The van der Waals surface area contributed by atoms with Crippen LogP contribution in [-0.2, 0) is 4.18 Å². The molecule has 0 heterocycles. The van der Waals surface area contributed by atoms with Crippen molar-refractivity contribution in [1.29, 1.82) is 5.26 Å². The van der Waals surface area contributed by atoms with Crippen molar-refractivity contribution in [3.63, 3.8) is 0 Å². The van der Waals surface area contributed by atoms with E-state index in [-0.39, 0.29) is 0 Å². The van der Waals surface area contributed by atoms with E-state index in [1.54, 1.807) is 0 Å². The number of nitrogens with zero attached hydrogens (tertiary/aromatic N) is 1. The predicted octanol–water partition coefficient (Wildman–Crippen LogP) is 1.41. The molecule has 2 nitrogen and oxygen atoms in total. The van der Waals surface area contributed by atoms with Crippen LogP contribution in [0, 0.1) is 11.5 Å². The maximum Gasteiger partial charge on any atom is 0.300 e. The zero-order chi connectivity index (χ0) is 4.83. The SMILES string of the molecule is CSSOC#N. The molecule has 0 radical (unpaired) electrons. The maximum absolute atomic E-state index is 7.69. The van der Waals surface area contributed by atoms with Gasteiger partial charge >= 0.3 is 6.26 Å². The normalized spacial score (nSPS) is 6.67. The Morgan fingerprint density at radius 2 is 2.50 bits per heavy atom. The molecule has 0 aromatic heterocycles. The van der Waals surface area contributed by atoms with Crippen molar-refractivity contribution < 1.29 is 4.18 Å². The van der Waals surface area contributed by atoms with Gasteiger partial charge in [-0.05, 0) is 6.26 Å². The molecule has 0 bridgehead atoms. The van der Waals surface area contributed by atoms with Crippen molar-refractivity contribution >= 4 is 21.9 Å². The Bertz CT molecular complexity index is 59.1. The molecule has 0 fully saturated rings. The zero-order valence-corrected chi connectivity index (χ0v) is 4.80. The topological polar surface area (TPSA) is 33.0 Å². The van der Waals surface area contributed by atoms with Gasteiger partial charge in [0.15, 0.2) is 0 Å². The highest BCUT2D eigenvalue weighted by Gasteiger charge is 1.74. The van der Waals surface area contributed by atoms with E-state index in [1.165, 1.54) is 17.0 Å². The third kappa shape index (κ3) is 3.99. The van der Waals surface area contributed by atoms with Crippen LogP contribution in [-0.4, -0.2) is 6.26 Å². The number of hydrogen-bond donors (Lipinski definition) is 0. The van der Waals surface area contributed by atoms with Gasteiger partial charge in [0.2, 0.25) is 0 Å². The van der Waals surface area contributed by atoms with E-state index in [0.29, 0.717) is 0 Å². The van der Waals surface area contributed by atoms with Crippen LogP contribution in [0.15, 0.2) is 0 Å². The Morgan fingerprint density at radius 1 is 1.83 bits per heavy atom. The Labute approximate surface area is 44.5 Å². The van der Waals surface area contributed by atoms with E-state index in [9.17, 15) is 0 Å². The van der Waals surface area contributed by atoms with Crippen LogP contribution in [0.5, 0.6) is 0 Å². The van der Waals surface area contributed by atoms with Gasteiger partial charge in [-0.25, -0.2) is 0 Å². The number of nitriles is 1. The van der Waals surface area contributed by atoms with Gasteiger partial charge in [-0.15, -0.1) is 5.26 Å². The summed E-state index contributed by atoms with van der Waals surface area (Å²) in [6.07, 6.45) is 3.35. The molecule has 0 aromatic carbocycles. The fourth-order valence-corrected chi connectivity index (χ4v) is 0.443. The lowest BCUT2D eigenvalue weighted by Gasteiger charge is -1.79. The number of hydrogen-bond acceptors (Lipinski definition) is 4. The highest BCUT2D eigenvalue weighted by molar-refractivity contribution is 8.74. The van der Waals surface area contributed by atoms with Crippen molar-refractivity contribution in [3.8, 4) is 6.26 Å². The summed E-state index contributed by atoms with van der Waals surface area (Å²) in [4.78, 5) is 0. The van der Waals surface area contributed by atoms with Crippen molar-refractivity contribution in [1.82, 2.24) is 0 Å². The van der Waals surface area contributed by atoms with Crippen LogP contribution >= 0.6 is 21.9 Å². The summed E-state index contributed by atoms with van der Waals surface area (Å²) < 4.78 is 4.17. The molecule has 4 heteroatoms. The second-order valence-electron chi connectivity index (χ2n) is 0.409. The maximum atomic E-state index is 7.69. The van der Waals surface area contributed by atoms with Gasteiger partial charge in [-0.1, -0.05) is 10.8 Å². The Hall–Kier alpha value is -0.0100. The lowest BCUT2D eigenvalue weighted by Crippen LogP contribution is -1.52. The fraction of sp³-hybridized carbons (Fsp3) is 0.500. The van der Waals surface area contributed by atoms with Crippen LogP contribution in [0.1, 0.15) is 0 Å². The summed E-state index contributed by atoms with van der Waals surface area (Å²) in [5.41, 5.74) is 0. The summed E-state index contributed by atoms with van der Waals surface area (Å²) in [5, 5.41) is 7.69. The summed E-state index contributed by atoms with van der Waals surface area (Å²) in [7, 11) is 1.40. The average Bonchev–Trinajstić information content (AvgIpc) is 1.61. The van der Waals surface area contributed by atoms with Crippen molar-refractivity contribution in [2.75, 3.05) is 6.26 Å². The van der Waals surface area contributed by atoms with E-state index in [2.05, 4.69) is 4.18 Å². The summed E-state index contributed by atoms with van der Waals surface area (Å²) in [5.74, 6) is 0. The van der Waals surface area contributed by atoms with Crippen LogP contribution in [0.4, 0.5) is 0 Å². The quantitative estimate of drug-likeness (QED) is 0.239. The highest BCUT2D eigenvalue weighted by atomic mass is 33.1. The van der Waals surface area contributed by atoms with Gasteiger partial charge in [0.05, 0.1) is 0 Å². The molecule has 34 valence electrons. The minimum absolute atomic E-state index is 1.06. The molecular weight excluding hydrogens is 118 g/mol. The van der Waals surface area contributed by atoms with E-state index < -0.39 is 0 Å². The van der Waals surface area contributed by atoms with Crippen molar-refractivity contribution in [2.45, 2.75) is 0 Å². The van der Waals surface area contributed by atoms with Crippen LogP contribution in [0.3, 0.4) is 0 Å². The Morgan fingerprint density at radius 3 is 2.67 bits per heavy atom. The van der Waals surface area contributed by atoms with Crippen molar-refractivity contribution in [2.24, 2.45) is 0 Å². The standard InChI is InChI=1S/C2H3NOS2/c1-5-6-4-2-3/h1H3. The molecule has 0 aromatic rings. The molecular formula is C2H3NOS2. The molecule has 0 atom stereocenters. The Balaban J connectivity index is 2.54. The van der Waals surface area contributed by atoms with Crippen LogP contribution in [0.25, 0.3) is 0 Å². The van der Waals surface area contributed by atoms with Crippen molar-refractivity contribution in [3.05, 3.63) is 0 Å². The molecule has 0 N–H and O–H groups in total. The fourth-order valence-electron chi connectivity index (χ4n) is 0.0492. The molecule has 6 heavy (non-hydrogen) atoms. The lowest BCUT2D eigenvalue weighted by atomic mass is 11.6. The van der Waals surface area contributed by atoms with Gasteiger partial charge in [0, 0.05) is 0 Å². The largest absolute Gasteiger partial charge is 0.340 e. The molecule has 0 aliphatic heterocycles. The van der Waals surface area contributed by atoms with Gasteiger partial charge in [-0.2, -0.15) is 0 Å². The molecule has 0 spiro atoms. The average molecular weight is 121 g/mol. The molecule has 0 aliphatic rings. The third-order valence-electron chi connectivity index (χ3n) is 0.139. The third-order valence-corrected chi connectivity index (χ3v) is 1.03. The lowest BCUT2D eigenvalue weighted by molar-refractivity contribution is 0.604. The van der Waals surface area contributed by atoms with Gasteiger partial charge in [0.1, 0.15) is 11.1 Å². The molecule has 0 saturated heterocycles. The molecule has 0 amide bonds. The first kappa shape index (κ1) is 5.99. The van der Waals surface area contributed by atoms with Crippen LogP contribution < -0.4 is 0 Å². The van der Waals surface area contributed by atoms with Gasteiger partial charge in [0.25, 0.3) is 0 Å². The van der Waals surface area contributed by atoms with E-state index >= 15 is 0 Å². The molecule has 0 saturated carbocycles. The van der Waals surface area contributed by atoms with Gasteiger partial charge < -0.3 is 4.18 Å². The first-order valence-electron chi connectivity index (χ1n) is 1.17. The highest BCUT2D eigenvalue weighted by Crippen LogP contribution is 2.16. The summed E-state index contributed by atoms with van der Waals surface area (Å²) in [6.45, 7) is 0. The van der Waals surface area contributed by atoms with Crippen LogP contribution in [0.2, 0.25) is 0 Å². The minimum Gasteiger partial charge on any atom is -0.340 e. The molecule has 0 unspecified atom stereocenters. The van der Waals surface area contributed by atoms with E-state index in [0.717, 1.165) is 11.1 Å². The minimum atomic E-state index is 1.06. The second-order valence-corrected chi connectivity index (χ2v) is 2.45. The molecule has 0 rings (SSSR count).